The molecule has 3 heteroatoms. The molecule has 0 amide bonds. The lowest BCUT2D eigenvalue weighted by molar-refractivity contribution is 0.143. The second kappa shape index (κ2) is 3.72. The number of hydrogen-bond acceptors (Lipinski definition) is 3. The Labute approximate surface area is 83.8 Å². The van der Waals surface area contributed by atoms with Gasteiger partial charge in [0.2, 0.25) is 0 Å². The summed E-state index contributed by atoms with van der Waals surface area (Å²) in [6.07, 6.45) is 0. The van der Waals surface area contributed by atoms with E-state index in [1.807, 2.05) is 24.3 Å². The normalized spacial score (nSPS) is 17.1. The number of nitrogens with zero attached hydrogens (tertiary/aromatic N) is 1. The molecule has 1 aromatic carbocycles. The van der Waals surface area contributed by atoms with Crippen molar-refractivity contribution in [1.82, 2.24) is 0 Å². The first kappa shape index (κ1) is 9.09. The van der Waals surface area contributed by atoms with Crippen molar-refractivity contribution in [2.75, 3.05) is 30.4 Å². The van der Waals surface area contributed by atoms with Crippen molar-refractivity contribution >= 4 is 11.4 Å². The lowest BCUT2D eigenvalue weighted by Gasteiger charge is -2.30. The summed E-state index contributed by atoms with van der Waals surface area (Å²) in [5, 5.41) is 0. The molecule has 0 unspecified atom stereocenters. The van der Waals surface area contributed by atoms with Gasteiger partial charge in [-0.2, -0.15) is 0 Å². The number of nitrogens with two attached hydrogens (primary N) is 1. The maximum absolute atomic E-state index is 5.63. The number of benzene rings is 1. The molecule has 1 aliphatic rings. The van der Waals surface area contributed by atoms with Gasteiger partial charge in [-0.1, -0.05) is 6.58 Å². The van der Waals surface area contributed by atoms with E-state index in [0.717, 1.165) is 30.2 Å². The molecule has 3 nitrogen and oxygen atoms in total. The zero-order valence-corrected chi connectivity index (χ0v) is 8.07. The third-order valence-electron chi connectivity index (χ3n) is 2.31. The summed E-state index contributed by atoms with van der Waals surface area (Å²) in [6, 6.07) is 7.81. The van der Waals surface area contributed by atoms with Crippen LogP contribution in [-0.4, -0.2) is 19.8 Å². The lowest BCUT2D eigenvalue weighted by atomic mass is 10.2. The molecule has 0 spiro atoms. The van der Waals surface area contributed by atoms with Gasteiger partial charge in [-0.05, 0) is 24.3 Å². The predicted octanol–water partition coefficient (Wildman–Crippen LogP) is 1.62. The van der Waals surface area contributed by atoms with E-state index in [1.165, 1.54) is 0 Å². The highest BCUT2D eigenvalue weighted by atomic mass is 16.5. The van der Waals surface area contributed by atoms with Crippen LogP contribution in [0.25, 0.3) is 0 Å². The fraction of sp³-hybridized carbons (Fsp3) is 0.273. The van der Waals surface area contributed by atoms with Crippen LogP contribution >= 0.6 is 0 Å². The standard InChI is InChI=1S/C11H14N2O/c1-9-8-14-7-6-13(9)11-4-2-10(12)3-5-11/h2-5H,1,6-8,12H2. The predicted molar refractivity (Wildman–Crippen MR) is 58.2 cm³/mol. The van der Waals surface area contributed by atoms with E-state index in [4.69, 9.17) is 10.5 Å². The smallest absolute Gasteiger partial charge is 0.0862 e. The van der Waals surface area contributed by atoms with Gasteiger partial charge in [-0.3, -0.25) is 0 Å². The first-order valence-electron chi connectivity index (χ1n) is 4.66. The molecule has 0 saturated carbocycles. The number of morpholine rings is 1. The molecule has 1 fully saturated rings. The maximum Gasteiger partial charge on any atom is 0.0862 e. The monoisotopic (exact) mass is 190 g/mol. The van der Waals surface area contributed by atoms with Crippen molar-refractivity contribution in [2.24, 2.45) is 0 Å². The second-order valence-electron chi connectivity index (χ2n) is 3.36. The second-order valence-corrected chi connectivity index (χ2v) is 3.36. The van der Waals surface area contributed by atoms with Crippen LogP contribution in [0.15, 0.2) is 36.5 Å². The molecular formula is C11H14N2O. The fourth-order valence-electron chi connectivity index (χ4n) is 1.55. The van der Waals surface area contributed by atoms with Gasteiger partial charge in [-0.25, -0.2) is 0 Å². The average molecular weight is 190 g/mol. The van der Waals surface area contributed by atoms with Crippen LogP contribution in [0.1, 0.15) is 0 Å². The van der Waals surface area contributed by atoms with Crippen LogP contribution in [0.4, 0.5) is 11.4 Å². The molecule has 0 aliphatic carbocycles. The fourth-order valence-corrected chi connectivity index (χ4v) is 1.55. The maximum atomic E-state index is 5.63. The quantitative estimate of drug-likeness (QED) is 0.684. The van der Waals surface area contributed by atoms with Crippen LogP contribution in [0, 0.1) is 0 Å². The SMILES string of the molecule is C=C1COCCN1c1ccc(N)cc1. The third kappa shape index (κ3) is 1.72. The number of ether oxygens (including phenoxy) is 1. The molecule has 0 radical (unpaired) electrons. The molecule has 1 saturated heterocycles. The first-order valence-corrected chi connectivity index (χ1v) is 4.66. The Kier molecular flexibility index (Phi) is 2.41. The number of nitrogen functional groups attached to an aromatic ring is 1. The molecule has 0 aromatic heterocycles. The Hall–Kier alpha value is -1.48. The van der Waals surface area contributed by atoms with E-state index in [9.17, 15) is 0 Å². The van der Waals surface area contributed by atoms with Gasteiger partial charge in [0, 0.05) is 23.6 Å². The first-order chi connectivity index (χ1) is 6.77. The molecule has 1 aromatic rings. The van der Waals surface area contributed by atoms with E-state index < -0.39 is 0 Å². The molecule has 0 atom stereocenters. The molecular weight excluding hydrogens is 176 g/mol. The minimum absolute atomic E-state index is 0.615. The Bertz CT molecular complexity index is 332. The van der Waals surface area contributed by atoms with E-state index in [2.05, 4.69) is 11.5 Å². The van der Waals surface area contributed by atoms with Gasteiger partial charge >= 0.3 is 0 Å². The molecule has 74 valence electrons. The summed E-state index contributed by atoms with van der Waals surface area (Å²) in [7, 11) is 0. The van der Waals surface area contributed by atoms with Crippen molar-refractivity contribution in [3.05, 3.63) is 36.5 Å². The van der Waals surface area contributed by atoms with Crippen molar-refractivity contribution < 1.29 is 4.74 Å². The van der Waals surface area contributed by atoms with Crippen LogP contribution in [0.2, 0.25) is 0 Å². The number of rotatable bonds is 1. The highest BCUT2D eigenvalue weighted by Crippen LogP contribution is 2.21. The zero-order chi connectivity index (χ0) is 9.97. The minimum atomic E-state index is 0.615. The Morgan fingerprint density at radius 2 is 2.00 bits per heavy atom. The Balaban J connectivity index is 2.20. The minimum Gasteiger partial charge on any atom is -0.399 e. The number of anilines is 2. The molecule has 1 heterocycles. The van der Waals surface area contributed by atoms with Crippen LogP contribution in [0.5, 0.6) is 0 Å². The summed E-state index contributed by atoms with van der Waals surface area (Å²) in [5.41, 5.74) is 8.54. The van der Waals surface area contributed by atoms with E-state index in [0.29, 0.717) is 6.61 Å². The Morgan fingerprint density at radius 3 is 2.64 bits per heavy atom. The van der Waals surface area contributed by atoms with E-state index >= 15 is 0 Å². The molecule has 2 rings (SSSR count). The zero-order valence-electron chi connectivity index (χ0n) is 8.07. The van der Waals surface area contributed by atoms with Crippen LogP contribution in [0.3, 0.4) is 0 Å². The number of hydrogen-bond donors (Lipinski definition) is 1. The van der Waals surface area contributed by atoms with Gasteiger partial charge in [0.25, 0.3) is 0 Å². The summed E-state index contributed by atoms with van der Waals surface area (Å²) in [4.78, 5) is 2.16. The Morgan fingerprint density at radius 1 is 1.29 bits per heavy atom. The molecule has 1 aliphatic heterocycles. The molecule has 2 N–H and O–H groups in total. The topological polar surface area (TPSA) is 38.5 Å². The highest BCUT2D eigenvalue weighted by molar-refractivity contribution is 5.56. The van der Waals surface area contributed by atoms with Gasteiger partial charge in [0.15, 0.2) is 0 Å². The van der Waals surface area contributed by atoms with Crippen molar-refractivity contribution in [3.8, 4) is 0 Å². The van der Waals surface area contributed by atoms with Gasteiger partial charge in [0.05, 0.1) is 13.2 Å². The molecule has 0 bridgehead atoms. The van der Waals surface area contributed by atoms with Crippen LogP contribution < -0.4 is 10.6 Å². The third-order valence-corrected chi connectivity index (χ3v) is 2.31. The van der Waals surface area contributed by atoms with Crippen LogP contribution in [-0.2, 0) is 4.74 Å². The summed E-state index contributed by atoms with van der Waals surface area (Å²) in [6.45, 7) is 6.20. The molecule has 14 heavy (non-hydrogen) atoms. The van der Waals surface area contributed by atoms with Gasteiger partial charge in [-0.15, -0.1) is 0 Å². The van der Waals surface area contributed by atoms with Gasteiger partial charge in [0.1, 0.15) is 0 Å². The van der Waals surface area contributed by atoms with Crippen molar-refractivity contribution in [3.63, 3.8) is 0 Å². The van der Waals surface area contributed by atoms with Crippen molar-refractivity contribution in [2.45, 2.75) is 0 Å². The average Bonchev–Trinajstić information content (AvgIpc) is 2.20. The van der Waals surface area contributed by atoms with Crippen molar-refractivity contribution in [1.29, 1.82) is 0 Å². The summed E-state index contributed by atoms with van der Waals surface area (Å²) in [5.74, 6) is 0. The summed E-state index contributed by atoms with van der Waals surface area (Å²) < 4.78 is 5.29. The van der Waals surface area contributed by atoms with Gasteiger partial charge < -0.3 is 15.4 Å². The largest absolute Gasteiger partial charge is 0.399 e. The van der Waals surface area contributed by atoms with E-state index in [1.54, 1.807) is 0 Å². The summed E-state index contributed by atoms with van der Waals surface area (Å²) >= 11 is 0. The van der Waals surface area contributed by atoms with E-state index in [-0.39, 0.29) is 0 Å². The highest BCUT2D eigenvalue weighted by Gasteiger charge is 2.14. The lowest BCUT2D eigenvalue weighted by Crippen LogP contribution is -2.33.